The predicted octanol–water partition coefficient (Wildman–Crippen LogP) is 2.98. The van der Waals surface area contributed by atoms with Crippen molar-refractivity contribution in [2.75, 3.05) is 14.2 Å². The topological polar surface area (TPSA) is 134 Å². The van der Waals surface area contributed by atoms with Gasteiger partial charge in [0, 0.05) is 23.3 Å². The highest BCUT2D eigenvalue weighted by Crippen LogP contribution is 2.45. The minimum absolute atomic E-state index is 0.0624. The molecule has 0 unspecified atom stereocenters. The zero-order valence-electron chi connectivity index (χ0n) is 15.0. The molecule has 0 radical (unpaired) electrons. The molecule has 2 rings (SSSR count). The molecule has 2 aromatic rings. The molecule has 0 aromatic heterocycles. The number of phenolic OH excluding ortho intramolecular Hbond substituents is 2. The standard InChI is InChI=1S/C20H18O8/c1-27-15-9-11(3-5-17(21)22)7-13(19(15)25)14-8-12(4-6-18(23)24)10-16(28-2)20(14)26/h3-10,25-26H,1-2H3,(H,21,22)(H,23,24)/b5-3+,6-4+. The van der Waals surface area contributed by atoms with Gasteiger partial charge in [-0.25, -0.2) is 9.59 Å². The first-order valence-electron chi connectivity index (χ1n) is 7.91. The van der Waals surface area contributed by atoms with Crippen LogP contribution in [0.1, 0.15) is 11.1 Å². The van der Waals surface area contributed by atoms with Crippen LogP contribution in [0, 0.1) is 0 Å². The lowest BCUT2D eigenvalue weighted by Crippen LogP contribution is -1.93. The van der Waals surface area contributed by atoms with Gasteiger partial charge in [-0.15, -0.1) is 0 Å². The average molecular weight is 386 g/mol. The number of aromatic hydroxyl groups is 2. The van der Waals surface area contributed by atoms with Crippen molar-refractivity contribution in [2.24, 2.45) is 0 Å². The minimum Gasteiger partial charge on any atom is -0.504 e. The number of hydrogen-bond acceptors (Lipinski definition) is 6. The summed E-state index contributed by atoms with van der Waals surface area (Å²) in [6, 6.07) is 5.77. The van der Waals surface area contributed by atoms with E-state index in [2.05, 4.69) is 0 Å². The smallest absolute Gasteiger partial charge is 0.328 e. The van der Waals surface area contributed by atoms with Gasteiger partial charge in [-0.2, -0.15) is 0 Å². The molecule has 0 aliphatic rings. The third-order valence-electron chi connectivity index (χ3n) is 3.76. The van der Waals surface area contributed by atoms with Gasteiger partial charge in [0.2, 0.25) is 0 Å². The van der Waals surface area contributed by atoms with E-state index in [1.165, 1.54) is 50.6 Å². The van der Waals surface area contributed by atoms with Crippen molar-refractivity contribution in [1.29, 1.82) is 0 Å². The Morgan fingerprint density at radius 2 is 1.11 bits per heavy atom. The molecule has 0 aliphatic heterocycles. The summed E-state index contributed by atoms with van der Waals surface area (Å²) in [5.74, 6) is -2.75. The normalized spacial score (nSPS) is 11.1. The second-order valence-corrected chi connectivity index (χ2v) is 5.58. The number of methoxy groups -OCH3 is 2. The van der Waals surface area contributed by atoms with Crippen LogP contribution in [-0.2, 0) is 9.59 Å². The Morgan fingerprint density at radius 1 is 0.750 bits per heavy atom. The Kier molecular flexibility index (Phi) is 6.28. The van der Waals surface area contributed by atoms with E-state index < -0.39 is 11.9 Å². The summed E-state index contributed by atoms with van der Waals surface area (Å²) in [5, 5.41) is 38.7. The summed E-state index contributed by atoms with van der Waals surface area (Å²) in [5.41, 5.74) is 1.09. The quantitative estimate of drug-likeness (QED) is 0.534. The van der Waals surface area contributed by atoms with Crippen LogP contribution in [0.2, 0.25) is 0 Å². The molecule has 0 spiro atoms. The number of hydrogen-bond donors (Lipinski definition) is 4. The summed E-state index contributed by atoms with van der Waals surface area (Å²) in [6.07, 6.45) is 4.44. The number of ether oxygens (including phenoxy) is 2. The Labute approximate surface area is 160 Å². The van der Waals surface area contributed by atoms with E-state index in [1.54, 1.807) is 0 Å². The zero-order chi connectivity index (χ0) is 20.8. The fourth-order valence-corrected chi connectivity index (χ4v) is 2.51. The van der Waals surface area contributed by atoms with Crippen LogP contribution >= 0.6 is 0 Å². The molecule has 8 nitrogen and oxygen atoms in total. The first kappa shape index (κ1) is 20.4. The summed E-state index contributed by atoms with van der Waals surface area (Å²) < 4.78 is 10.2. The Morgan fingerprint density at radius 3 is 1.39 bits per heavy atom. The lowest BCUT2D eigenvalue weighted by molar-refractivity contribution is -0.132. The number of rotatable bonds is 7. The molecule has 146 valence electrons. The molecule has 0 heterocycles. The molecule has 0 saturated heterocycles. The maximum Gasteiger partial charge on any atom is 0.328 e. The predicted molar refractivity (Wildman–Crippen MR) is 102 cm³/mol. The largest absolute Gasteiger partial charge is 0.504 e. The van der Waals surface area contributed by atoms with Gasteiger partial charge in [0.25, 0.3) is 0 Å². The van der Waals surface area contributed by atoms with E-state index in [1.807, 2.05) is 0 Å². The van der Waals surface area contributed by atoms with Gasteiger partial charge in [0.1, 0.15) is 0 Å². The second-order valence-electron chi connectivity index (χ2n) is 5.58. The van der Waals surface area contributed by atoms with Crippen LogP contribution in [0.4, 0.5) is 0 Å². The molecule has 0 atom stereocenters. The van der Waals surface area contributed by atoms with Gasteiger partial charge in [0.15, 0.2) is 23.0 Å². The molecule has 0 aliphatic carbocycles. The third kappa shape index (κ3) is 4.61. The summed E-state index contributed by atoms with van der Waals surface area (Å²) in [7, 11) is 2.66. The van der Waals surface area contributed by atoms with E-state index in [4.69, 9.17) is 19.7 Å². The number of benzene rings is 2. The molecule has 0 saturated carbocycles. The van der Waals surface area contributed by atoms with Crippen molar-refractivity contribution in [3.8, 4) is 34.1 Å². The van der Waals surface area contributed by atoms with Gasteiger partial charge in [-0.05, 0) is 47.5 Å². The van der Waals surface area contributed by atoms with Crippen LogP contribution in [0.3, 0.4) is 0 Å². The minimum atomic E-state index is -1.15. The van der Waals surface area contributed by atoms with E-state index >= 15 is 0 Å². The number of phenols is 2. The van der Waals surface area contributed by atoms with Crippen molar-refractivity contribution in [1.82, 2.24) is 0 Å². The highest BCUT2D eigenvalue weighted by Gasteiger charge is 2.18. The molecule has 28 heavy (non-hydrogen) atoms. The molecule has 0 bridgehead atoms. The van der Waals surface area contributed by atoms with Gasteiger partial charge >= 0.3 is 11.9 Å². The summed E-state index contributed by atoms with van der Waals surface area (Å²) >= 11 is 0. The number of carbonyl (C=O) groups is 2. The van der Waals surface area contributed by atoms with E-state index in [0.29, 0.717) is 11.1 Å². The fraction of sp³-hybridized carbons (Fsp3) is 0.100. The molecule has 0 fully saturated rings. The first-order valence-corrected chi connectivity index (χ1v) is 7.91. The maximum absolute atomic E-state index is 10.8. The molecule has 4 N–H and O–H groups in total. The molecule has 2 aromatic carbocycles. The Balaban J connectivity index is 2.74. The van der Waals surface area contributed by atoms with Gasteiger partial charge in [-0.3, -0.25) is 0 Å². The van der Waals surface area contributed by atoms with Crippen LogP contribution in [0.15, 0.2) is 36.4 Å². The summed E-state index contributed by atoms with van der Waals surface area (Å²) in [6.45, 7) is 0. The van der Waals surface area contributed by atoms with Crippen molar-refractivity contribution in [3.05, 3.63) is 47.5 Å². The molecular weight excluding hydrogens is 368 g/mol. The molecular formula is C20H18O8. The van der Waals surface area contributed by atoms with Crippen molar-refractivity contribution in [3.63, 3.8) is 0 Å². The highest BCUT2D eigenvalue weighted by molar-refractivity contribution is 5.89. The van der Waals surface area contributed by atoms with Crippen molar-refractivity contribution in [2.45, 2.75) is 0 Å². The second kappa shape index (κ2) is 8.63. The lowest BCUT2D eigenvalue weighted by Gasteiger charge is -2.15. The van der Waals surface area contributed by atoms with Gasteiger partial charge in [-0.1, -0.05) is 0 Å². The Hall–Kier alpha value is -3.94. The number of carboxylic acid groups (broad SMARTS) is 2. The van der Waals surface area contributed by atoms with Crippen LogP contribution in [0.5, 0.6) is 23.0 Å². The summed E-state index contributed by atoms with van der Waals surface area (Å²) in [4.78, 5) is 21.6. The van der Waals surface area contributed by atoms with Crippen LogP contribution in [-0.4, -0.2) is 46.6 Å². The van der Waals surface area contributed by atoms with E-state index in [0.717, 1.165) is 12.2 Å². The van der Waals surface area contributed by atoms with E-state index in [-0.39, 0.29) is 34.1 Å². The first-order chi connectivity index (χ1) is 13.3. The highest BCUT2D eigenvalue weighted by atomic mass is 16.5. The number of aliphatic carboxylic acids is 2. The SMILES string of the molecule is COc1cc(/C=C/C(=O)O)cc(-c2cc(/C=C/C(=O)O)cc(OC)c2O)c1O. The van der Waals surface area contributed by atoms with Crippen LogP contribution in [0.25, 0.3) is 23.3 Å². The number of carboxylic acids is 2. The average Bonchev–Trinajstić information content (AvgIpc) is 2.66. The molecule has 8 heteroatoms. The van der Waals surface area contributed by atoms with Gasteiger partial charge in [0.05, 0.1) is 14.2 Å². The lowest BCUT2D eigenvalue weighted by atomic mass is 9.97. The maximum atomic E-state index is 10.8. The molecule has 0 amide bonds. The van der Waals surface area contributed by atoms with Crippen LogP contribution < -0.4 is 9.47 Å². The Bertz CT molecular complexity index is 893. The van der Waals surface area contributed by atoms with Gasteiger partial charge < -0.3 is 29.9 Å². The monoisotopic (exact) mass is 386 g/mol. The zero-order valence-corrected chi connectivity index (χ0v) is 15.0. The van der Waals surface area contributed by atoms with E-state index in [9.17, 15) is 19.8 Å². The van der Waals surface area contributed by atoms with Crippen molar-refractivity contribution >= 4 is 24.1 Å². The fourth-order valence-electron chi connectivity index (χ4n) is 2.51. The van der Waals surface area contributed by atoms with Crippen molar-refractivity contribution < 1.29 is 39.5 Å². The third-order valence-corrected chi connectivity index (χ3v) is 3.76.